The lowest BCUT2D eigenvalue weighted by molar-refractivity contribution is 0.700. The molecule has 1 aromatic carbocycles. The normalized spacial score (nSPS) is 14.5. The first-order chi connectivity index (χ1) is 8.42. The molecular formula is C14H14N2S. The molecule has 0 aliphatic carbocycles. The number of aromatic nitrogens is 1. The summed E-state index contributed by atoms with van der Waals surface area (Å²) in [5.74, 6) is 2.32. The molecule has 0 bridgehead atoms. The molecule has 0 spiro atoms. The lowest BCUT2D eigenvalue weighted by Gasteiger charge is -2.14. The van der Waals surface area contributed by atoms with E-state index in [0.717, 1.165) is 18.7 Å². The highest BCUT2D eigenvalue weighted by molar-refractivity contribution is 7.98. The Balaban J connectivity index is 2.21. The number of aryl methyl sites for hydroxylation is 1. The third-order valence-corrected chi connectivity index (χ3v) is 4.36. The second-order valence-electron chi connectivity index (χ2n) is 4.30. The summed E-state index contributed by atoms with van der Waals surface area (Å²) < 4.78 is 2.35. The van der Waals surface area contributed by atoms with Crippen LogP contribution in [0.25, 0.3) is 10.9 Å². The average Bonchev–Trinajstić information content (AvgIpc) is 2.71. The fourth-order valence-corrected chi connectivity index (χ4v) is 3.64. The second kappa shape index (κ2) is 4.46. The predicted octanol–water partition coefficient (Wildman–Crippen LogP) is 3.34. The molecule has 0 fully saturated rings. The molecule has 3 heteroatoms. The van der Waals surface area contributed by atoms with Gasteiger partial charge in [0.25, 0.3) is 0 Å². The van der Waals surface area contributed by atoms with Crippen LogP contribution in [0.2, 0.25) is 0 Å². The van der Waals surface area contributed by atoms with Gasteiger partial charge >= 0.3 is 0 Å². The van der Waals surface area contributed by atoms with E-state index in [9.17, 15) is 0 Å². The molecule has 1 aliphatic heterocycles. The largest absolute Gasteiger partial charge is 0.343 e. The molecule has 3 rings (SSSR count). The Morgan fingerprint density at radius 1 is 1.35 bits per heavy atom. The standard InChI is InChI=1S/C14H14N2S/c15-7-3-8-16-13-5-2-1-4-11(13)12-10-17-9-6-14(12)16/h1-2,4-5H,3,6,8-10H2. The Hall–Kier alpha value is -1.40. The molecule has 0 atom stereocenters. The van der Waals surface area contributed by atoms with Gasteiger partial charge in [-0.2, -0.15) is 17.0 Å². The summed E-state index contributed by atoms with van der Waals surface area (Å²) in [5.41, 5.74) is 4.25. The van der Waals surface area contributed by atoms with Gasteiger partial charge in [-0.25, -0.2) is 0 Å². The van der Waals surface area contributed by atoms with Crippen molar-refractivity contribution in [3.63, 3.8) is 0 Å². The van der Waals surface area contributed by atoms with Crippen molar-refractivity contribution in [3.8, 4) is 6.07 Å². The molecule has 2 heterocycles. The van der Waals surface area contributed by atoms with E-state index in [1.165, 1.54) is 27.9 Å². The predicted molar refractivity (Wildman–Crippen MR) is 72.0 cm³/mol. The van der Waals surface area contributed by atoms with Gasteiger partial charge in [-0.15, -0.1) is 0 Å². The second-order valence-corrected chi connectivity index (χ2v) is 5.41. The first kappa shape index (κ1) is 10.7. The zero-order chi connectivity index (χ0) is 11.7. The lowest BCUT2D eigenvalue weighted by atomic mass is 10.1. The van der Waals surface area contributed by atoms with E-state index in [1.54, 1.807) is 0 Å². The number of nitrogens with zero attached hydrogens (tertiary/aromatic N) is 2. The van der Waals surface area contributed by atoms with Crippen LogP contribution in [0.1, 0.15) is 17.7 Å². The lowest BCUT2D eigenvalue weighted by Crippen LogP contribution is -2.08. The van der Waals surface area contributed by atoms with E-state index in [0.29, 0.717) is 6.42 Å². The van der Waals surface area contributed by atoms with Crippen LogP contribution in [-0.2, 0) is 18.7 Å². The van der Waals surface area contributed by atoms with Crippen LogP contribution in [0.4, 0.5) is 0 Å². The molecule has 0 N–H and O–H groups in total. The van der Waals surface area contributed by atoms with Crippen LogP contribution in [0.3, 0.4) is 0 Å². The zero-order valence-electron chi connectivity index (χ0n) is 9.65. The maximum absolute atomic E-state index is 8.77. The molecule has 86 valence electrons. The molecule has 0 amide bonds. The highest BCUT2D eigenvalue weighted by Crippen LogP contribution is 2.33. The van der Waals surface area contributed by atoms with Crippen molar-refractivity contribution in [2.45, 2.75) is 25.1 Å². The van der Waals surface area contributed by atoms with Crippen molar-refractivity contribution in [3.05, 3.63) is 35.5 Å². The quantitative estimate of drug-likeness (QED) is 0.808. The zero-order valence-corrected chi connectivity index (χ0v) is 10.5. The molecule has 0 unspecified atom stereocenters. The SMILES string of the molecule is N#CCCn1c2c(c3ccccc31)CSCC2. The van der Waals surface area contributed by atoms with Gasteiger partial charge in [-0.05, 0) is 23.8 Å². The molecule has 1 aliphatic rings. The summed E-state index contributed by atoms with van der Waals surface area (Å²) in [6, 6.07) is 10.8. The number of rotatable bonds is 2. The van der Waals surface area contributed by atoms with Crippen LogP contribution < -0.4 is 0 Å². The van der Waals surface area contributed by atoms with E-state index in [-0.39, 0.29) is 0 Å². The Morgan fingerprint density at radius 2 is 2.24 bits per heavy atom. The minimum Gasteiger partial charge on any atom is -0.343 e. The Morgan fingerprint density at radius 3 is 3.12 bits per heavy atom. The number of thioether (sulfide) groups is 1. The van der Waals surface area contributed by atoms with Crippen molar-refractivity contribution in [2.75, 3.05) is 5.75 Å². The number of nitriles is 1. The van der Waals surface area contributed by atoms with E-state index in [2.05, 4.69) is 34.9 Å². The number of fused-ring (bicyclic) bond motifs is 3. The van der Waals surface area contributed by atoms with E-state index in [4.69, 9.17) is 5.26 Å². The average molecular weight is 242 g/mol. The van der Waals surface area contributed by atoms with Gasteiger partial charge in [-0.1, -0.05) is 18.2 Å². The Bertz CT molecular complexity index is 592. The third kappa shape index (κ3) is 1.73. The maximum atomic E-state index is 8.77. The summed E-state index contributed by atoms with van der Waals surface area (Å²) in [6.45, 7) is 0.830. The van der Waals surface area contributed by atoms with Gasteiger partial charge in [0.1, 0.15) is 0 Å². The molecule has 2 nitrogen and oxygen atoms in total. The van der Waals surface area contributed by atoms with Gasteiger partial charge in [-0.3, -0.25) is 0 Å². The molecule has 17 heavy (non-hydrogen) atoms. The summed E-state index contributed by atoms with van der Waals surface area (Å²) >= 11 is 2.01. The summed E-state index contributed by atoms with van der Waals surface area (Å²) in [4.78, 5) is 0. The Kier molecular flexibility index (Phi) is 2.82. The molecule has 0 radical (unpaired) electrons. The van der Waals surface area contributed by atoms with E-state index in [1.807, 2.05) is 11.8 Å². The van der Waals surface area contributed by atoms with Crippen molar-refractivity contribution < 1.29 is 0 Å². The monoisotopic (exact) mass is 242 g/mol. The molecule has 0 saturated carbocycles. The van der Waals surface area contributed by atoms with Crippen molar-refractivity contribution in [1.82, 2.24) is 4.57 Å². The van der Waals surface area contributed by atoms with E-state index < -0.39 is 0 Å². The minimum absolute atomic E-state index is 0.595. The van der Waals surface area contributed by atoms with Crippen molar-refractivity contribution >= 4 is 22.7 Å². The number of para-hydroxylation sites is 1. The maximum Gasteiger partial charge on any atom is 0.0640 e. The molecule has 1 aromatic heterocycles. The van der Waals surface area contributed by atoms with Crippen LogP contribution in [-0.4, -0.2) is 10.3 Å². The van der Waals surface area contributed by atoms with Crippen LogP contribution in [0, 0.1) is 11.3 Å². The fraction of sp³-hybridized carbons (Fsp3) is 0.357. The van der Waals surface area contributed by atoms with Gasteiger partial charge in [0, 0.05) is 28.9 Å². The smallest absolute Gasteiger partial charge is 0.0640 e. The molecule has 0 saturated heterocycles. The van der Waals surface area contributed by atoms with Crippen LogP contribution in [0.15, 0.2) is 24.3 Å². The number of benzene rings is 1. The van der Waals surface area contributed by atoms with Crippen molar-refractivity contribution in [2.24, 2.45) is 0 Å². The molecule has 2 aromatic rings. The van der Waals surface area contributed by atoms with Crippen molar-refractivity contribution in [1.29, 1.82) is 5.26 Å². The highest BCUT2D eigenvalue weighted by Gasteiger charge is 2.19. The van der Waals surface area contributed by atoms with Crippen LogP contribution in [0.5, 0.6) is 0 Å². The Labute approximate surface area is 105 Å². The van der Waals surface area contributed by atoms with Gasteiger partial charge in [0.2, 0.25) is 0 Å². The summed E-state index contributed by atoms with van der Waals surface area (Å²) in [5, 5.41) is 10.2. The van der Waals surface area contributed by atoms with Gasteiger partial charge in [0.15, 0.2) is 0 Å². The summed E-state index contributed by atoms with van der Waals surface area (Å²) in [7, 11) is 0. The third-order valence-electron chi connectivity index (χ3n) is 3.37. The van der Waals surface area contributed by atoms with Crippen LogP contribution >= 0.6 is 11.8 Å². The first-order valence-electron chi connectivity index (χ1n) is 5.95. The first-order valence-corrected chi connectivity index (χ1v) is 7.11. The number of hydrogen-bond acceptors (Lipinski definition) is 2. The van der Waals surface area contributed by atoms with Gasteiger partial charge in [0.05, 0.1) is 12.5 Å². The van der Waals surface area contributed by atoms with E-state index >= 15 is 0 Å². The fourth-order valence-electron chi connectivity index (χ4n) is 2.64. The molecular weight excluding hydrogens is 228 g/mol. The minimum atomic E-state index is 0.595. The topological polar surface area (TPSA) is 28.7 Å². The van der Waals surface area contributed by atoms with Gasteiger partial charge < -0.3 is 4.57 Å². The summed E-state index contributed by atoms with van der Waals surface area (Å²) in [6.07, 6.45) is 1.73. The number of hydrogen-bond donors (Lipinski definition) is 0. The highest BCUT2D eigenvalue weighted by atomic mass is 32.2.